The summed E-state index contributed by atoms with van der Waals surface area (Å²) in [5, 5.41) is 0.371. The highest BCUT2D eigenvalue weighted by Gasteiger charge is 2.19. The number of aromatic nitrogens is 1. The number of pyridine rings is 1. The molecule has 0 aliphatic carbocycles. The first-order chi connectivity index (χ1) is 9.42. The van der Waals surface area contributed by atoms with Crippen LogP contribution in [0, 0.1) is 5.92 Å². The zero-order valence-corrected chi connectivity index (χ0v) is 12.9. The van der Waals surface area contributed by atoms with Gasteiger partial charge in [-0.2, -0.15) is 0 Å². The van der Waals surface area contributed by atoms with Crippen LogP contribution in [-0.2, 0) is 10.0 Å². The molecule has 1 unspecified atom stereocenters. The summed E-state index contributed by atoms with van der Waals surface area (Å²) in [5.74, 6) is 0.202. The van der Waals surface area contributed by atoms with Crippen LogP contribution in [0.3, 0.4) is 0 Å². The minimum Gasteiger partial charge on any atom is -0.256 e. The number of halogens is 1. The summed E-state index contributed by atoms with van der Waals surface area (Å²) in [5.41, 5.74) is 0.654. The van der Waals surface area contributed by atoms with Crippen molar-refractivity contribution < 1.29 is 8.42 Å². The molecule has 0 aliphatic heterocycles. The number of alkyl halides is 1. The van der Waals surface area contributed by atoms with E-state index in [2.05, 4.69) is 9.71 Å². The Labute approximate surface area is 124 Å². The molecule has 0 saturated carbocycles. The van der Waals surface area contributed by atoms with Crippen molar-refractivity contribution in [3.8, 4) is 0 Å². The summed E-state index contributed by atoms with van der Waals surface area (Å²) in [7, 11) is -3.59. The first kappa shape index (κ1) is 15.2. The molecule has 6 heteroatoms. The van der Waals surface area contributed by atoms with Gasteiger partial charge in [0.1, 0.15) is 0 Å². The number of nitrogens with one attached hydrogen (secondary N) is 1. The molecule has 1 atom stereocenters. The maximum absolute atomic E-state index is 12.4. The van der Waals surface area contributed by atoms with Gasteiger partial charge in [-0.05, 0) is 30.2 Å². The Hall–Kier alpha value is -1.17. The minimum atomic E-state index is -3.59. The number of benzene rings is 1. The van der Waals surface area contributed by atoms with Crippen molar-refractivity contribution in [1.29, 1.82) is 0 Å². The molecular formula is C14H17ClN2O2S. The lowest BCUT2D eigenvalue weighted by Crippen LogP contribution is -2.32. The van der Waals surface area contributed by atoms with Crippen LogP contribution < -0.4 is 4.72 Å². The van der Waals surface area contributed by atoms with Crippen molar-refractivity contribution in [2.75, 3.05) is 6.54 Å². The van der Waals surface area contributed by atoms with Crippen LogP contribution in [0.4, 0.5) is 0 Å². The molecule has 0 spiro atoms. The monoisotopic (exact) mass is 312 g/mol. The van der Waals surface area contributed by atoms with Crippen LogP contribution in [0.1, 0.15) is 13.8 Å². The predicted molar refractivity (Wildman–Crippen MR) is 81.4 cm³/mol. The summed E-state index contributed by atoms with van der Waals surface area (Å²) in [6, 6.07) is 8.51. The smallest absolute Gasteiger partial charge is 0.241 e. The average Bonchev–Trinajstić information content (AvgIpc) is 2.44. The second-order valence-corrected chi connectivity index (χ2v) is 7.23. The standard InChI is InChI=1S/C14H17ClN2O2S/c1-10(2)12(15)9-17-20(18,19)14-7-3-6-13-11(14)5-4-8-16-13/h3-8,10,12,17H,9H2,1-2H3. The maximum atomic E-state index is 12.4. The van der Waals surface area contributed by atoms with Crippen LogP contribution in [0.5, 0.6) is 0 Å². The average molecular weight is 313 g/mol. The highest BCUT2D eigenvalue weighted by atomic mass is 35.5. The van der Waals surface area contributed by atoms with Crippen molar-refractivity contribution >= 4 is 32.5 Å². The molecule has 1 N–H and O–H groups in total. The van der Waals surface area contributed by atoms with Crippen molar-refractivity contribution in [1.82, 2.24) is 9.71 Å². The maximum Gasteiger partial charge on any atom is 0.241 e. The predicted octanol–water partition coefficient (Wildman–Crippen LogP) is 2.78. The molecule has 0 bridgehead atoms. The normalized spacial score (nSPS) is 13.8. The number of hydrogen-bond acceptors (Lipinski definition) is 3. The summed E-state index contributed by atoms with van der Waals surface area (Å²) < 4.78 is 27.3. The van der Waals surface area contributed by atoms with Crippen molar-refractivity contribution in [2.45, 2.75) is 24.1 Å². The lowest BCUT2D eigenvalue weighted by Gasteiger charge is -2.15. The molecule has 0 saturated heterocycles. The zero-order chi connectivity index (χ0) is 14.8. The van der Waals surface area contributed by atoms with E-state index in [0.29, 0.717) is 10.9 Å². The molecule has 4 nitrogen and oxygen atoms in total. The van der Waals surface area contributed by atoms with E-state index in [1.54, 1.807) is 36.5 Å². The Kier molecular flexibility index (Phi) is 4.62. The molecule has 1 aromatic carbocycles. The second-order valence-electron chi connectivity index (χ2n) is 4.94. The SMILES string of the molecule is CC(C)C(Cl)CNS(=O)(=O)c1cccc2ncccc12. The molecular weight excluding hydrogens is 296 g/mol. The molecule has 1 heterocycles. The fourth-order valence-electron chi connectivity index (χ4n) is 1.81. The Bertz CT molecular complexity index is 696. The molecule has 1 aromatic heterocycles. The fourth-order valence-corrected chi connectivity index (χ4v) is 3.26. The third-order valence-corrected chi connectivity index (χ3v) is 5.23. The van der Waals surface area contributed by atoms with Crippen molar-refractivity contribution in [3.63, 3.8) is 0 Å². The Morgan fingerprint density at radius 1 is 1.25 bits per heavy atom. The van der Waals surface area contributed by atoms with Gasteiger partial charge in [0.15, 0.2) is 0 Å². The van der Waals surface area contributed by atoms with Gasteiger partial charge in [-0.15, -0.1) is 11.6 Å². The number of fused-ring (bicyclic) bond motifs is 1. The van der Waals surface area contributed by atoms with E-state index < -0.39 is 10.0 Å². The van der Waals surface area contributed by atoms with E-state index in [1.807, 2.05) is 13.8 Å². The van der Waals surface area contributed by atoms with Gasteiger partial charge in [0.25, 0.3) is 0 Å². The largest absolute Gasteiger partial charge is 0.256 e. The van der Waals surface area contributed by atoms with Gasteiger partial charge in [0, 0.05) is 23.5 Å². The molecule has 2 aromatic rings. The van der Waals surface area contributed by atoms with Gasteiger partial charge >= 0.3 is 0 Å². The number of rotatable bonds is 5. The van der Waals surface area contributed by atoms with Gasteiger partial charge < -0.3 is 0 Å². The van der Waals surface area contributed by atoms with E-state index in [1.165, 1.54) is 0 Å². The van der Waals surface area contributed by atoms with Crippen LogP contribution >= 0.6 is 11.6 Å². The van der Waals surface area contributed by atoms with Gasteiger partial charge in [0.05, 0.1) is 10.4 Å². The van der Waals surface area contributed by atoms with Gasteiger partial charge in [-0.3, -0.25) is 4.98 Å². The highest BCUT2D eigenvalue weighted by molar-refractivity contribution is 7.89. The van der Waals surface area contributed by atoms with Crippen LogP contribution in [-0.4, -0.2) is 25.3 Å². The summed E-state index contributed by atoms with van der Waals surface area (Å²) in [6.07, 6.45) is 1.64. The molecule has 108 valence electrons. The third-order valence-electron chi connectivity index (χ3n) is 3.09. The minimum absolute atomic E-state index is 0.202. The number of sulfonamides is 1. The number of hydrogen-bond donors (Lipinski definition) is 1. The molecule has 0 fully saturated rings. The summed E-state index contributed by atoms with van der Waals surface area (Å²) >= 11 is 6.09. The Morgan fingerprint density at radius 3 is 2.70 bits per heavy atom. The second kappa shape index (κ2) is 6.08. The van der Waals surface area contributed by atoms with E-state index in [-0.39, 0.29) is 22.7 Å². The zero-order valence-electron chi connectivity index (χ0n) is 11.4. The van der Waals surface area contributed by atoms with Gasteiger partial charge in [-0.25, -0.2) is 13.1 Å². The van der Waals surface area contributed by atoms with E-state index in [4.69, 9.17) is 11.6 Å². The molecule has 2 rings (SSSR count). The van der Waals surface area contributed by atoms with E-state index in [0.717, 1.165) is 0 Å². The molecule has 0 aliphatic rings. The Morgan fingerprint density at radius 2 is 2.00 bits per heavy atom. The first-order valence-corrected chi connectivity index (χ1v) is 8.31. The first-order valence-electron chi connectivity index (χ1n) is 6.39. The van der Waals surface area contributed by atoms with Crippen LogP contribution in [0.15, 0.2) is 41.4 Å². The summed E-state index contributed by atoms with van der Waals surface area (Å²) in [6.45, 7) is 4.11. The van der Waals surface area contributed by atoms with Crippen molar-refractivity contribution in [2.24, 2.45) is 5.92 Å². The summed E-state index contributed by atoms with van der Waals surface area (Å²) in [4.78, 5) is 4.39. The topological polar surface area (TPSA) is 59.1 Å². The Balaban J connectivity index is 2.33. The lowest BCUT2D eigenvalue weighted by atomic mass is 10.1. The molecule has 20 heavy (non-hydrogen) atoms. The van der Waals surface area contributed by atoms with Gasteiger partial charge in [0.2, 0.25) is 10.0 Å². The fraction of sp³-hybridized carbons (Fsp3) is 0.357. The highest BCUT2D eigenvalue weighted by Crippen LogP contribution is 2.21. The third kappa shape index (κ3) is 3.29. The van der Waals surface area contributed by atoms with Crippen molar-refractivity contribution in [3.05, 3.63) is 36.5 Å². The molecule has 0 radical (unpaired) electrons. The van der Waals surface area contributed by atoms with Gasteiger partial charge in [-0.1, -0.05) is 19.9 Å². The quantitative estimate of drug-likeness (QED) is 0.864. The molecule has 0 amide bonds. The van der Waals surface area contributed by atoms with E-state index in [9.17, 15) is 8.42 Å². The number of nitrogens with zero attached hydrogens (tertiary/aromatic N) is 1. The van der Waals surface area contributed by atoms with Crippen LogP contribution in [0.2, 0.25) is 0 Å². The van der Waals surface area contributed by atoms with Crippen LogP contribution in [0.25, 0.3) is 10.9 Å². The van der Waals surface area contributed by atoms with E-state index >= 15 is 0 Å². The lowest BCUT2D eigenvalue weighted by molar-refractivity contribution is 0.557.